The number of ketones is 1. The highest BCUT2D eigenvalue weighted by Crippen LogP contribution is 2.33. The number of esters is 1. The Balaban J connectivity index is 1.54. The molecule has 0 amide bonds. The van der Waals surface area contributed by atoms with Crippen molar-refractivity contribution in [1.82, 2.24) is 9.55 Å². The molecule has 1 aliphatic heterocycles. The van der Waals surface area contributed by atoms with E-state index in [9.17, 15) is 14.4 Å². The number of nitrogens with one attached hydrogen (secondary N) is 1. The lowest BCUT2D eigenvalue weighted by Crippen LogP contribution is -2.21. The van der Waals surface area contributed by atoms with Gasteiger partial charge in [0.05, 0.1) is 0 Å². The van der Waals surface area contributed by atoms with Crippen molar-refractivity contribution < 1.29 is 23.8 Å². The summed E-state index contributed by atoms with van der Waals surface area (Å²) in [4.78, 5) is 38.9. The van der Waals surface area contributed by atoms with Crippen LogP contribution in [0.4, 0.5) is 0 Å². The van der Waals surface area contributed by atoms with Crippen molar-refractivity contribution in [3.8, 4) is 17.2 Å². The van der Waals surface area contributed by atoms with Gasteiger partial charge in [0.25, 0.3) is 5.56 Å². The summed E-state index contributed by atoms with van der Waals surface area (Å²) in [5.41, 5.74) is 2.12. The van der Waals surface area contributed by atoms with Gasteiger partial charge in [-0.05, 0) is 44.2 Å². The minimum atomic E-state index is -0.842. The van der Waals surface area contributed by atoms with E-state index in [1.54, 1.807) is 6.07 Å². The van der Waals surface area contributed by atoms with Gasteiger partial charge in [0.1, 0.15) is 18.8 Å². The van der Waals surface area contributed by atoms with Crippen LogP contribution >= 0.6 is 0 Å². The maximum absolute atomic E-state index is 12.7. The van der Waals surface area contributed by atoms with Crippen LogP contribution in [0.1, 0.15) is 32.1 Å². The van der Waals surface area contributed by atoms with Crippen LogP contribution in [0.25, 0.3) is 5.69 Å². The van der Waals surface area contributed by atoms with Crippen LogP contribution in [-0.4, -0.2) is 41.1 Å². The second-order valence-corrected chi connectivity index (χ2v) is 6.86. The van der Waals surface area contributed by atoms with Crippen molar-refractivity contribution in [2.24, 2.45) is 0 Å². The fourth-order valence-electron chi connectivity index (χ4n) is 3.48. The van der Waals surface area contributed by atoms with Gasteiger partial charge in [-0.25, -0.2) is 4.79 Å². The summed E-state index contributed by atoms with van der Waals surface area (Å²) in [6.45, 7) is 4.25. The average Bonchev–Trinajstić information content (AvgIpc) is 3.05. The van der Waals surface area contributed by atoms with E-state index >= 15 is 0 Å². The second kappa shape index (κ2) is 7.90. The minimum Gasteiger partial charge on any atom is -0.486 e. The number of aromatic amines is 1. The molecule has 0 saturated heterocycles. The van der Waals surface area contributed by atoms with Gasteiger partial charge in [-0.15, -0.1) is 0 Å². The number of fused-ring (bicyclic) bond motifs is 1. The van der Waals surface area contributed by atoms with E-state index in [0.717, 1.165) is 11.4 Å². The molecule has 0 saturated carbocycles. The summed E-state index contributed by atoms with van der Waals surface area (Å²) >= 11 is 0. The molecule has 154 valence electrons. The van der Waals surface area contributed by atoms with Gasteiger partial charge in [0.15, 0.2) is 18.1 Å². The first-order valence-electron chi connectivity index (χ1n) is 9.42. The molecule has 1 N–H and O–H groups in total. The lowest BCUT2D eigenvalue weighted by atomic mass is 10.1. The Hall–Kier alpha value is -3.81. The molecule has 0 atom stereocenters. The number of aromatic nitrogens is 2. The summed E-state index contributed by atoms with van der Waals surface area (Å²) in [5, 5.41) is 0. The first kappa shape index (κ1) is 19.5. The molecule has 1 aromatic carbocycles. The molecular formula is C22H20N2O6. The van der Waals surface area contributed by atoms with E-state index in [0.29, 0.717) is 36.0 Å². The zero-order valence-corrected chi connectivity index (χ0v) is 16.6. The van der Waals surface area contributed by atoms with Crippen LogP contribution in [0.3, 0.4) is 0 Å². The lowest BCUT2D eigenvalue weighted by molar-refractivity contribution is 0.0472. The predicted octanol–water partition coefficient (Wildman–Crippen LogP) is 2.59. The second-order valence-electron chi connectivity index (χ2n) is 6.86. The molecule has 2 aromatic heterocycles. The minimum absolute atomic E-state index is 0.146. The van der Waals surface area contributed by atoms with Gasteiger partial charge in [0.2, 0.25) is 5.78 Å². The summed E-state index contributed by atoms with van der Waals surface area (Å²) in [7, 11) is 0. The summed E-state index contributed by atoms with van der Waals surface area (Å²) in [6.07, 6.45) is 1.41. The highest BCUT2D eigenvalue weighted by molar-refractivity contribution is 6.00. The number of Topliss-reactive ketones (excluding diaryl/α,β-unsaturated/α-hetero) is 1. The van der Waals surface area contributed by atoms with Crippen molar-refractivity contribution in [2.75, 3.05) is 19.8 Å². The quantitative estimate of drug-likeness (QED) is 0.515. The van der Waals surface area contributed by atoms with Gasteiger partial charge in [0, 0.05) is 34.9 Å². The molecular weight excluding hydrogens is 388 g/mol. The van der Waals surface area contributed by atoms with Gasteiger partial charge in [-0.1, -0.05) is 0 Å². The first-order valence-corrected chi connectivity index (χ1v) is 9.42. The highest BCUT2D eigenvalue weighted by Gasteiger charge is 2.21. The van der Waals surface area contributed by atoms with Crippen molar-refractivity contribution in [1.29, 1.82) is 0 Å². The molecule has 4 rings (SSSR count). The Morgan fingerprint density at radius 2 is 1.83 bits per heavy atom. The summed E-state index contributed by atoms with van der Waals surface area (Å²) < 4.78 is 18.2. The molecule has 0 unspecified atom stereocenters. The first-order chi connectivity index (χ1) is 14.5. The number of benzene rings is 1. The number of aryl methyl sites for hydroxylation is 1. The number of hydrogen-bond acceptors (Lipinski definition) is 6. The fraction of sp³-hybridized carbons (Fsp3) is 0.227. The fourth-order valence-corrected chi connectivity index (χ4v) is 3.48. The number of carbonyl (C=O) groups excluding carboxylic acids is 2. The number of H-pyrrole nitrogens is 1. The van der Waals surface area contributed by atoms with Gasteiger partial charge < -0.3 is 23.8 Å². The van der Waals surface area contributed by atoms with E-state index in [2.05, 4.69) is 4.98 Å². The molecule has 3 heterocycles. The van der Waals surface area contributed by atoms with Crippen molar-refractivity contribution in [3.05, 3.63) is 75.5 Å². The van der Waals surface area contributed by atoms with E-state index in [-0.39, 0.29) is 11.3 Å². The monoisotopic (exact) mass is 408 g/mol. The van der Waals surface area contributed by atoms with Crippen molar-refractivity contribution in [2.45, 2.75) is 13.8 Å². The standard InChI is InChI=1S/C22H20N2O6/c1-13-10-17(18(25)12-30-22(27)16-4-3-7-23-21(16)26)14(2)24(13)15-5-6-19-20(11-15)29-9-8-28-19/h3-7,10-11H,8-9,12H2,1-2H3,(H,23,26). The molecule has 0 spiro atoms. The maximum Gasteiger partial charge on any atom is 0.344 e. The Kier molecular flexibility index (Phi) is 5.14. The normalized spacial score (nSPS) is 12.5. The Morgan fingerprint density at radius 1 is 1.07 bits per heavy atom. The zero-order chi connectivity index (χ0) is 21.3. The molecule has 3 aromatic rings. The number of nitrogens with zero attached hydrogens (tertiary/aromatic N) is 1. The summed E-state index contributed by atoms with van der Waals surface area (Å²) in [5.74, 6) is 0.145. The Labute approximate surface area is 172 Å². The Bertz CT molecular complexity index is 1190. The van der Waals surface area contributed by atoms with Crippen molar-refractivity contribution >= 4 is 11.8 Å². The SMILES string of the molecule is Cc1cc(C(=O)COC(=O)c2ccc[nH]c2=O)c(C)n1-c1ccc2c(c1)OCCO2. The number of ether oxygens (including phenoxy) is 3. The van der Waals surface area contributed by atoms with Crippen LogP contribution < -0.4 is 15.0 Å². The number of pyridine rings is 1. The Morgan fingerprint density at radius 3 is 2.60 bits per heavy atom. The van der Waals surface area contributed by atoms with Crippen LogP contribution in [0.15, 0.2) is 47.4 Å². The number of rotatable bonds is 5. The van der Waals surface area contributed by atoms with Crippen LogP contribution in [0.5, 0.6) is 11.5 Å². The number of hydrogen-bond donors (Lipinski definition) is 1. The zero-order valence-electron chi connectivity index (χ0n) is 16.6. The van der Waals surface area contributed by atoms with Crippen LogP contribution in [-0.2, 0) is 4.74 Å². The third-order valence-electron chi connectivity index (χ3n) is 4.89. The van der Waals surface area contributed by atoms with Crippen LogP contribution in [0.2, 0.25) is 0 Å². The smallest absolute Gasteiger partial charge is 0.344 e. The lowest BCUT2D eigenvalue weighted by Gasteiger charge is -2.20. The van der Waals surface area contributed by atoms with E-state index in [1.807, 2.05) is 36.6 Å². The molecule has 0 bridgehead atoms. The van der Waals surface area contributed by atoms with E-state index in [4.69, 9.17) is 14.2 Å². The third kappa shape index (κ3) is 3.59. The maximum atomic E-state index is 12.7. The van der Waals surface area contributed by atoms with E-state index in [1.165, 1.54) is 18.3 Å². The molecule has 1 aliphatic rings. The molecule has 30 heavy (non-hydrogen) atoms. The van der Waals surface area contributed by atoms with Crippen LogP contribution in [0, 0.1) is 13.8 Å². The van der Waals surface area contributed by atoms with Crippen molar-refractivity contribution in [3.63, 3.8) is 0 Å². The molecule has 0 radical (unpaired) electrons. The topological polar surface area (TPSA) is 99.6 Å². The molecule has 8 heteroatoms. The van der Waals surface area contributed by atoms with Gasteiger partial charge >= 0.3 is 5.97 Å². The molecule has 0 aliphatic carbocycles. The van der Waals surface area contributed by atoms with Gasteiger partial charge in [-0.2, -0.15) is 0 Å². The predicted molar refractivity (Wildman–Crippen MR) is 108 cm³/mol. The average molecular weight is 408 g/mol. The highest BCUT2D eigenvalue weighted by atomic mass is 16.6. The molecule has 0 fully saturated rings. The third-order valence-corrected chi connectivity index (χ3v) is 4.89. The summed E-state index contributed by atoms with van der Waals surface area (Å²) in [6, 6.07) is 10.2. The van der Waals surface area contributed by atoms with E-state index < -0.39 is 18.1 Å². The molecule has 8 nitrogen and oxygen atoms in total. The largest absolute Gasteiger partial charge is 0.486 e. The number of carbonyl (C=O) groups is 2. The van der Waals surface area contributed by atoms with Gasteiger partial charge in [-0.3, -0.25) is 9.59 Å².